The lowest BCUT2D eigenvalue weighted by Crippen LogP contribution is -2.28. The minimum Gasteiger partial charge on any atom is -0.352 e. The largest absolute Gasteiger partial charge is 0.352 e. The van der Waals surface area contributed by atoms with Crippen molar-refractivity contribution in [1.82, 2.24) is 9.62 Å². The molecule has 0 bridgehead atoms. The Morgan fingerprint density at radius 3 is 2.42 bits per heavy atom. The van der Waals surface area contributed by atoms with Gasteiger partial charge in [-0.15, -0.1) is 0 Å². The summed E-state index contributed by atoms with van der Waals surface area (Å²) in [6.45, 7) is 1.54. The molecule has 0 atom stereocenters. The standard InChI is InChI=1S/C19H21FN2O3S/c20-17-5-3-4-16(14-17)19(23)21-11-10-15-6-8-18(9-7-15)26(24,25)22-12-1-2-13-22/h3-9,14H,1-2,10-13H2,(H,21,23). The molecular weight excluding hydrogens is 355 g/mol. The van der Waals surface area contributed by atoms with E-state index in [1.54, 1.807) is 30.3 Å². The van der Waals surface area contributed by atoms with E-state index in [0.29, 0.717) is 31.0 Å². The number of benzene rings is 2. The Bertz CT molecular complexity index is 876. The topological polar surface area (TPSA) is 66.5 Å². The highest BCUT2D eigenvalue weighted by Gasteiger charge is 2.26. The van der Waals surface area contributed by atoms with Crippen molar-refractivity contribution in [2.24, 2.45) is 0 Å². The predicted molar refractivity (Wildman–Crippen MR) is 96.9 cm³/mol. The maximum Gasteiger partial charge on any atom is 0.251 e. The van der Waals surface area contributed by atoms with Gasteiger partial charge in [-0.05, 0) is 55.2 Å². The van der Waals surface area contributed by atoms with Gasteiger partial charge in [0.05, 0.1) is 4.90 Å². The highest BCUT2D eigenvalue weighted by Crippen LogP contribution is 2.21. The first kappa shape index (κ1) is 18.5. The van der Waals surface area contributed by atoms with Crippen molar-refractivity contribution in [2.75, 3.05) is 19.6 Å². The molecule has 1 fully saturated rings. The first-order valence-electron chi connectivity index (χ1n) is 8.60. The van der Waals surface area contributed by atoms with E-state index in [1.165, 1.54) is 22.5 Å². The van der Waals surface area contributed by atoms with Crippen molar-refractivity contribution < 1.29 is 17.6 Å². The van der Waals surface area contributed by atoms with Crippen LogP contribution in [-0.2, 0) is 16.4 Å². The third-order valence-electron chi connectivity index (χ3n) is 4.41. The smallest absolute Gasteiger partial charge is 0.251 e. The van der Waals surface area contributed by atoms with Gasteiger partial charge in [-0.25, -0.2) is 12.8 Å². The van der Waals surface area contributed by atoms with Crippen LogP contribution in [0.2, 0.25) is 0 Å². The van der Waals surface area contributed by atoms with Crippen LogP contribution in [0.25, 0.3) is 0 Å². The number of halogens is 1. The van der Waals surface area contributed by atoms with Crippen LogP contribution >= 0.6 is 0 Å². The summed E-state index contributed by atoms with van der Waals surface area (Å²) in [5.41, 5.74) is 1.20. The summed E-state index contributed by atoms with van der Waals surface area (Å²) in [6, 6.07) is 12.3. The van der Waals surface area contributed by atoms with E-state index in [0.717, 1.165) is 18.4 Å². The molecule has 2 aromatic rings. The summed E-state index contributed by atoms with van der Waals surface area (Å²) in [5, 5.41) is 2.73. The van der Waals surface area contributed by atoms with Gasteiger partial charge < -0.3 is 5.32 Å². The Kier molecular flexibility index (Phi) is 5.68. The maximum atomic E-state index is 13.1. The molecule has 0 saturated carbocycles. The van der Waals surface area contributed by atoms with Crippen molar-refractivity contribution in [2.45, 2.75) is 24.2 Å². The number of hydrogen-bond donors (Lipinski definition) is 1. The summed E-state index contributed by atoms with van der Waals surface area (Å²) in [6.07, 6.45) is 2.37. The molecule has 5 nitrogen and oxygen atoms in total. The van der Waals surface area contributed by atoms with Gasteiger partial charge in [0.15, 0.2) is 0 Å². The number of carbonyl (C=O) groups is 1. The number of carbonyl (C=O) groups excluding carboxylic acids is 1. The Morgan fingerprint density at radius 1 is 1.08 bits per heavy atom. The Labute approximate surface area is 152 Å². The molecule has 1 saturated heterocycles. The number of nitrogens with one attached hydrogen (secondary N) is 1. The average molecular weight is 376 g/mol. The lowest BCUT2D eigenvalue weighted by Gasteiger charge is -2.15. The van der Waals surface area contributed by atoms with Crippen LogP contribution in [0.3, 0.4) is 0 Å². The van der Waals surface area contributed by atoms with E-state index in [9.17, 15) is 17.6 Å². The van der Waals surface area contributed by atoms with Gasteiger partial charge in [0.2, 0.25) is 10.0 Å². The summed E-state index contributed by atoms with van der Waals surface area (Å²) >= 11 is 0. The second kappa shape index (κ2) is 7.97. The highest BCUT2D eigenvalue weighted by molar-refractivity contribution is 7.89. The fourth-order valence-corrected chi connectivity index (χ4v) is 4.47. The van der Waals surface area contributed by atoms with Crippen molar-refractivity contribution in [3.63, 3.8) is 0 Å². The number of rotatable bonds is 6. The second-order valence-electron chi connectivity index (χ2n) is 6.27. The Hall–Kier alpha value is -2.25. The monoisotopic (exact) mass is 376 g/mol. The zero-order valence-corrected chi connectivity index (χ0v) is 15.1. The fraction of sp³-hybridized carbons (Fsp3) is 0.316. The number of amides is 1. The van der Waals surface area contributed by atoms with Crippen LogP contribution in [0.5, 0.6) is 0 Å². The third kappa shape index (κ3) is 4.28. The molecule has 0 radical (unpaired) electrons. The van der Waals surface area contributed by atoms with E-state index >= 15 is 0 Å². The summed E-state index contributed by atoms with van der Waals surface area (Å²) in [7, 11) is -3.40. The predicted octanol–water partition coefficient (Wildman–Crippen LogP) is 2.58. The van der Waals surface area contributed by atoms with E-state index in [4.69, 9.17) is 0 Å². The molecule has 0 aromatic heterocycles. The molecule has 1 aliphatic heterocycles. The molecule has 26 heavy (non-hydrogen) atoms. The van der Waals surface area contributed by atoms with E-state index in [1.807, 2.05) is 0 Å². The average Bonchev–Trinajstić information content (AvgIpc) is 3.17. The molecule has 1 N–H and O–H groups in total. The number of sulfonamides is 1. The molecule has 2 aromatic carbocycles. The SMILES string of the molecule is O=C(NCCc1ccc(S(=O)(=O)N2CCCC2)cc1)c1cccc(F)c1. The van der Waals surface area contributed by atoms with Gasteiger partial charge in [0, 0.05) is 25.2 Å². The highest BCUT2D eigenvalue weighted by atomic mass is 32.2. The molecule has 0 spiro atoms. The van der Waals surface area contributed by atoms with Crippen molar-refractivity contribution in [3.8, 4) is 0 Å². The molecule has 138 valence electrons. The van der Waals surface area contributed by atoms with Gasteiger partial charge in [0.25, 0.3) is 5.91 Å². The molecular formula is C19H21FN2O3S. The normalized spacial score (nSPS) is 15.1. The first-order chi connectivity index (χ1) is 12.5. The van der Waals surface area contributed by atoms with Gasteiger partial charge in [0.1, 0.15) is 5.82 Å². The molecule has 7 heteroatoms. The number of hydrogen-bond acceptors (Lipinski definition) is 3. The Morgan fingerprint density at radius 2 is 1.77 bits per heavy atom. The molecule has 1 amide bonds. The van der Waals surface area contributed by atoms with Crippen molar-refractivity contribution in [3.05, 3.63) is 65.5 Å². The molecule has 1 heterocycles. The van der Waals surface area contributed by atoms with E-state index in [2.05, 4.69) is 5.32 Å². The minimum atomic E-state index is -3.40. The number of nitrogens with zero attached hydrogens (tertiary/aromatic N) is 1. The molecule has 3 rings (SSSR count). The lowest BCUT2D eigenvalue weighted by molar-refractivity contribution is 0.0953. The van der Waals surface area contributed by atoms with Gasteiger partial charge in [-0.3, -0.25) is 4.79 Å². The molecule has 0 aliphatic carbocycles. The zero-order chi connectivity index (χ0) is 18.6. The van der Waals surface area contributed by atoms with Gasteiger partial charge >= 0.3 is 0 Å². The van der Waals surface area contributed by atoms with Crippen LogP contribution in [0, 0.1) is 5.82 Å². The quantitative estimate of drug-likeness (QED) is 0.843. The Balaban J connectivity index is 1.55. The van der Waals surface area contributed by atoms with Crippen molar-refractivity contribution >= 4 is 15.9 Å². The minimum absolute atomic E-state index is 0.275. The summed E-state index contributed by atoms with van der Waals surface area (Å²) in [4.78, 5) is 12.3. The third-order valence-corrected chi connectivity index (χ3v) is 6.33. The van der Waals surface area contributed by atoms with Crippen LogP contribution in [0.1, 0.15) is 28.8 Å². The van der Waals surface area contributed by atoms with Crippen LogP contribution in [-0.4, -0.2) is 38.3 Å². The molecule has 1 aliphatic rings. The molecule has 0 unspecified atom stereocenters. The van der Waals surface area contributed by atoms with Gasteiger partial charge in [-0.1, -0.05) is 18.2 Å². The van der Waals surface area contributed by atoms with Crippen molar-refractivity contribution in [1.29, 1.82) is 0 Å². The first-order valence-corrected chi connectivity index (χ1v) is 10.0. The van der Waals surface area contributed by atoms with E-state index < -0.39 is 15.8 Å². The fourth-order valence-electron chi connectivity index (χ4n) is 2.96. The van der Waals surface area contributed by atoms with Crippen LogP contribution < -0.4 is 5.32 Å². The zero-order valence-electron chi connectivity index (χ0n) is 14.3. The summed E-state index contributed by atoms with van der Waals surface area (Å²) in [5.74, 6) is -0.787. The van der Waals surface area contributed by atoms with Gasteiger partial charge in [-0.2, -0.15) is 4.31 Å². The van der Waals surface area contributed by atoms with E-state index in [-0.39, 0.29) is 11.5 Å². The lowest BCUT2D eigenvalue weighted by atomic mass is 10.1. The summed E-state index contributed by atoms with van der Waals surface area (Å²) < 4.78 is 39.6. The second-order valence-corrected chi connectivity index (χ2v) is 8.21. The maximum absolute atomic E-state index is 13.1. The van der Waals surface area contributed by atoms with Crippen LogP contribution in [0.15, 0.2) is 53.4 Å². The van der Waals surface area contributed by atoms with Crippen LogP contribution in [0.4, 0.5) is 4.39 Å².